The van der Waals surface area contributed by atoms with Crippen molar-refractivity contribution in [1.82, 2.24) is 0 Å². The van der Waals surface area contributed by atoms with Crippen LogP contribution in [0, 0.1) is 0 Å². The molecule has 4 rings (SSSR count). The summed E-state index contributed by atoms with van der Waals surface area (Å²) in [5, 5.41) is 0. The van der Waals surface area contributed by atoms with Gasteiger partial charge in [0.05, 0.1) is 0 Å². The lowest BCUT2D eigenvalue weighted by molar-refractivity contribution is 1.17. The van der Waals surface area contributed by atoms with Crippen molar-refractivity contribution in [1.29, 1.82) is 0 Å². The minimum absolute atomic E-state index is 0.965. The second kappa shape index (κ2) is 8.98. The normalized spacial score (nSPS) is 10.7. The van der Waals surface area contributed by atoms with E-state index >= 15 is 0 Å². The van der Waals surface area contributed by atoms with E-state index in [2.05, 4.69) is 109 Å². The van der Waals surface area contributed by atoms with E-state index in [9.17, 15) is 0 Å². The van der Waals surface area contributed by atoms with Crippen LogP contribution in [0.3, 0.4) is 0 Å². The standard InChI is InChI=1S/C25H20S2/c1-3-7-22(8-4-1)26-24-15-11-20(12-16-24)19-21-13-17-25(18-14-21)27-23-9-5-2-6-10-23/h1-18H,19H2. The lowest BCUT2D eigenvalue weighted by atomic mass is 10.1. The maximum absolute atomic E-state index is 2.23. The average Bonchev–Trinajstić information content (AvgIpc) is 2.73. The summed E-state index contributed by atoms with van der Waals surface area (Å²) in [4.78, 5) is 5.10. The first kappa shape index (κ1) is 18.0. The van der Waals surface area contributed by atoms with E-state index in [1.54, 1.807) is 23.5 Å². The first-order chi connectivity index (χ1) is 13.3. The van der Waals surface area contributed by atoms with Crippen molar-refractivity contribution >= 4 is 23.5 Å². The topological polar surface area (TPSA) is 0 Å². The zero-order chi connectivity index (χ0) is 18.3. The molecule has 0 saturated heterocycles. The first-order valence-electron chi connectivity index (χ1n) is 8.99. The Morgan fingerprint density at radius 3 is 1.07 bits per heavy atom. The van der Waals surface area contributed by atoms with Gasteiger partial charge in [-0.3, -0.25) is 0 Å². The van der Waals surface area contributed by atoms with E-state index in [0.29, 0.717) is 0 Å². The number of hydrogen-bond acceptors (Lipinski definition) is 2. The third kappa shape index (κ3) is 5.29. The Balaban J connectivity index is 1.37. The van der Waals surface area contributed by atoms with Crippen LogP contribution in [-0.2, 0) is 6.42 Å². The maximum Gasteiger partial charge on any atom is 0.0122 e. The largest absolute Gasteiger partial charge is 0.0901 e. The third-order valence-electron chi connectivity index (χ3n) is 4.21. The molecule has 0 aliphatic carbocycles. The van der Waals surface area contributed by atoms with Crippen molar-refractivity contribution in [3.8, 4) is 0 Å². The molecule has 0 aliphatic rings. The quantitative estimate of drug-likeness (QED) is 0.336. The molecule has 27 heavy (non-hydrogen) atoms. The minimum atomic E-state index is 0.965. The van der Waals surface area contributed by atoms with Crippen molar-refractivity contribution in [2.45, 2.75) is 26.0 Å². The summed E-state index contributed by atoms with van der Waals surface area (Å²) in [5.74, 6) is 0. The van der Waals surface area contributed by atoms with Crippen LogP contribution in [0.15, 0.2) is 129 Å². The lowest BCUT2D eigenvalue weighted by Crippen LogP contribution is -1.88. The Labute approximate surface area is 169 Å². The zero-order valence-electron chi connectivity index (χ0n) is 14.9. The smallest absolute Gasteiger partial charge is 0.0122 e. The molecule has 2 heteroatoms. The monoisotopic (exact) mass is 384 g/mol. The molecule has 0 radical (unpaired) electrons. The van der Waals surface area contributed by atoms with Gasteiger partial charge >= 0.3 is 0 Å². The van der Waals surface area contributed by atoms with Gasteiger partial charge in [0, 0.05) is 19.6 Å². The Kier molecular flexibility index (Phi) is 5.98. The van der Waals surface area contributed by atoms with Crippen LogP contribution in [-0.4, -0.2) is 0 Å². The van der Waals surface area contributed by atoms with Crippen LogP contribution in [0.25, 0.3) is 0 Å². The Morgan fingerprint density at radius 1 is 0.370 bits per heavy atom. The molecule has 0 heterocycles. The third-order valence-corrected chi connectivity index (χ3v) is 6.24. The predicted molar refractivity (Wildman–Crippen MR) is 117 cm³/mol. The molecule has 0 unspecified atom stereocenters. The highest BCUT2D eigenvalue weighted by Gasteiger charge is 2.01. The van der Waals surface area contributed by atoms with Gasteiger partial charge in [-0.05, 0) is 66.1 Å². The van der Waals surface area contributed by atoms with E-state index < -0.39 is 0 Å². The molecule has 0 amide bonds. The van der Waals surface area contributed by atoms with Gasteiger partial charge in [-0.15, -0.1) is 0 Å². The molecule has 0 saturated carbocycles. The van der Waals surface area contributed by atoms with Crippen molar-refractivity contribution in [2.24, 2.45) is 0 Å². The van der Waals surface area contributed by atoms with Crippen molar-refractivity contribution in [3.63, 3.8) is 0 Å². The van der Waals surface area contributed by atoms with Gasteiger partial charge in [-0.25, -0.2) is 0 Å². The number of benzene rings is 4. The van der Waals surface area contributed by atoms with E-state index in [-0.39, 0.29) is 0 Å². The lowest BCUT2D eigenvalue weighted by Gasteiger charge is -2.06. The van der Waals surface area contributed by atoms with Crippen LogP contribution in [0.2, 0.25) is 0 Å². The molecular weight excluding hydrogens is 364 g/mol. The van der Waals surface area contributed by atoms with Gasteiger partial charge < -0.3 is 0 Å². The van der Waals surface area contributed by atoms with Crippen LogP contribution in [0.5, 0.6) is 0 Å². The molecule has 132 valence electrons. The molecule has 4 aromatic rings. The molecule has 4 aromatic carbocycles. The Bertz CT molecular complexity index is 877. The molecule has 0 aliphatic heterocycles. The predicted octanol–water partition coefficient (Wildman–Crippen LogP) is 7.58. The number of rotatable bonds is 6. The summed E-state index contributed by atoms with van der Waals surface area (Å²) in [6.45, 7) is 0. The summed E-state index contributed by atoms with van der Waals surface area (Å²) < 4.78 is 0. The van der Waals surface area contributed by atoms with E-state index in [1.807, 2.05) is 0 Å². The van der Waals surface area contributed by atoms with Gasteiger partial charge in [0.15, 0.2) is 0 Å². The van der Waals surface area contributed by atoms with E-state index in [0.717, 1.165) is 6.42 Å². The molecule has 0 atom stereocenters. The van der Waals surface area contributed by atoms with E-state index in [1.165, 1.54) is 30.7 Å². The van der Waals surface area contributed by atoms with Gasteiger partial charge in [0.1, 0.15) is 0 Å². The zero-order valence-corrected chi connectivity index (χ0v) is 16.5. The Hall–Kier alpha value is -2.42. The number of hydrogen-bond donors (Lipinski definition) is 0. The second-order valence-electron chi connectivity index (χ2n) is 6.29. The van der Waals surface area contributed by atoms with Crippen LogP contribution in [0.1, 0.15) is 11.1 Å². The fraction of sp³-hybridized carbons (Fsp3) is 0.0400. The summed E-state index contributed by atoms with van der Waals surface area (Å²) in [6.07, 6.45) is 0.965. The molecule has 0 N–H and O–H groups in total. The molecule has 0 bridgehead atoms. The van der Waals surface area contributed by atoms with Crippen molar-refractivity contribution in [3.05, 3.63) is 120 Å². The van der Waals surface area contributed by atoms with Gasteiger partial charge in [-0.2, -0.15) is 0 Å². The fourth-order valence-corrected chi connectivity index (χ4v) is 4.51. The van der Waals surface area contributed by atoms with Crippen molar-refractivity contribution < 1.29 is 0 Å². The average molecular weight is 385 g/mol. The molecule has 0 fully saturated rings. The van der Waals surface area contributed by atoms with Gasteiger partial charge in [0.2, 0.25) is 0 Å². The van der Waals surface area contributed by atoms with Crippen LogP contribution >= 0.6 is 23.5 Å². The molecule has 0 aromatic heterocycles. The van der Waals surface area contributed by atoms with Gasteiger partial charge in [-0.1, -0.05) is 84.2 Å². The van der Waals surface area contributed by atoms with Crippen LogP contribution in [0.4, 0.5) is 0 Å². The van der Waals surface area contributed by atoms with Crippen LogP contribution < -0.4 is 0 Å². The Morgan fingerprint density at radius 2 is 0.704 bits per heavy atom. The summed E-state index contributed by atoms with van der Waals surface area (Å²) in [7, 11) is 0. The van der Waals surface area contributed by atoms with Crippen molar-refractivity contribution in [2.75, 3.05) is 0 Å². The van der Waals surface area contributed by atoms with E-state index in [4.69, 9.17) is 0 Å². The molecule has 0 nitrogen and oxygen atoms in total. The molecule has 0 spiro atoms. The summed E-state index contributed by atoms with van der Waals surface area (Å²) in [6, 6.07) is 38.8. The van der Waals surface area contributed by atoms with Gasteiger partial charge in [0.25, 0.3) is 0 Å². The highest BCUT2D eigenvalue weighted by molar-refractivity contribution is 7.99. The summed E-state index contributed by atoms with van der Waals surface area (Å²) in [5.41, 5.74) is 2.69. The maximum atomic E-state index is 2.23. The second-order valence-corrected chi connectivity index (χ2v) is 8.59. The highest BCUT2D eigenvalue weighted by atomic mass is 32.2. The molecular formula is C25H20S2. The first-order valence-corrected chi connectivity index (χ1v) is 10.6. The highest BCUT2D eigenvalue weighted by Crippen LogP contribution is 2.29. The summed E-state index contributed by atoms with van der Waals surface area (Å²) >= 11 is 3.61. The minimum Gasteiger partial charge on any atom is -0.0901 e. The SMILES string of the molecule is c1ccc(Sc2ccc(Cc3ccc(Sc4ccccc4)cc3)cc2)cc1. The fourth-order valence-electron chi connectivity index (χ4n) is 2.84.